The van der Waals surface area contributed by atoms with Crippen LogP contribution in [0.5, 0.6) is 0 Å². The summed E-state index contributed by atoms with van der Waals surface area (Å²) < 4.78 is 125. The third-order valence-corrected chi connectivity index (χ3v) is 17.5. The molecule has 5 aromatic rings. The number of hydrogen-bond acceptors (Lipinski definition) is 14. The second-order valence-electron chi connectivity index (χ2n) is 19.6. The molecule has 3 aliphatic rings. The normalized spacial score (nSPS) is 17.3. The van der Waals surface area contributed by atoms with E-state index in [4.69, 9.17) is 29.5 Å². The molecule has 8 rings (SSSR count). The molecule has 3 aliphatic heterocycles. The van der Waals surface area contributed by atoms with Crippen molar-refractivity contribution in [3.63, 3.8) is 0 Å². The highest BCUT2D eigenvalue weighted by atomic mass is 79.9. The number of anilines is 2. The summed E-state index contributed by atoms with van der Waals surface area (Å²) >= 11 is 6.52. The summed E-state index contributed by atoms with van der Waals surface area (Å²) in [5, 5.41) is 5.19. The molecule has 0 bridgehead atoms. The van der Waals surface area contributed by atoms with Crippen molar-refractivity contribution in [3.8, 4) is 11.1 Å². The predicted octanol–water partition coefficient (Wildman–Crippen LogP) is 7.61. The first-order chi connectivity index (χ1) is 38.2. The van der Waals surface area contributed by atoms with Crippen LogP contribution in [0.2, 0.25) is 0 Å². The molecule has 3 fully saturated rings. The van der Waals surface area contributed by atoms with E-state index in [0.717, 1.165) is 14.5 Å². The fourth-order valence-corrected chi connectivity index (χ4v) is 10.7. The lowest BCUT2D eigenvalue weighted by molar-refractivity contribution is -0.120. The zero-order chi connectivity index (χ0) is 61.0. The van der Waals surface area contributed by atoms with Crippen LogP contribution in [0, 0.1) is 11.6 Å². The Kier molecular flexibility index (Phi) is 23.6. The summed E-state index contributed by atoms with van der Waals surface area (Å²) in [6, 6.07) is 29.6. The largest absolute Gasteiger partial charge is 0.497 e. The maximum Gasteiger partial charge on any atom is 0.497 e. The molecule has 3 heterocycles. The number of halogens is 5. The number of cyclic esters (lactones) is 2. The average Bonchev–Trinajstić information content (AvgIpc) is 4.19. The monoisotopic (exact) mass is 1340 g/mol. The van der Waals surface area contributed by atoms with Gasteiger partial charge in [-0.15, -0.1) is 0 Å². The van der Waals surface area contributed by atoms with Crippen molar-refractivity contribution in [2.75, 3.05) is 50.1 Å². The summed E-state index contributed by atoms with van der Waals surface area (Å²) in [6.07, 6.45) is -2.17. The van der Waals surface area contributed by atoms with Gasteiger partial charge in [-0.1, -0.05) is 86.5 Å². The molecule has 0 spiro atoms. The molecule has 0 aliphatic carbocycles. The molecule has 5 aromatic carbocycles. The second kappa shape index (κ2) is 28.8. The van der Waals surface area contributed by atoms with Crippen LogP contribution in [0.3, 0.4) is 0 Å². The van der Waals surface area contributed by atoms with Gasteiger partial charge in [0.1, 0.15) is 23.8 Å². The molecular formula is C53H62BBr2ClF2N6O14S3. The Morgan fingerprint density at radius 2 is 0.988 bits per heavy atom. The van der Waals surface area contributed by atoms with Gasteiger partial charge in [0.05, 0.1) is 66.0 Å². The first kappa shape index (κ1) is 67.2. The fourth-order valence-electron chi connectivity index (χ4n) is 7.67. The van der Waals surface area contributed by atoms with Crippen molar-refractivity contribution in [2.24, 2.45) is 0 Å². The Morgan fingerprint density at radius 1 is 0.610 bits per heavy atom. The fraction of sp³-hybridized carbons (Fsp3) is 0.358. The molecule has 82 heavy (non-hydrogen) atoms. The van der Waals surface area contributed by atoms with E-state index in [1.54, 1.807) is 84.9 Å². The van der Waals surface area contributed by atoms with Crippen molar-refractivity contribution in [3.05, 3.63) is 146 Å². The molecule has 0 radical (unpaired) electrons. The van der Waals surface area contributed by atoms with Crippen LogP contribution < -0.4 is 35.3 Å². The second-order valence-corrected chi connectivity index (χ2v) is 28.1. The van der Waals surface area contributed by atoms with Crippen LogP contribution in [0.4, 0.5) is 29.7 Å². The Balaban J connectivity index is 0.000000215. The molecule has 444 valence electrons. The third-order valence-electron chi connectivity index (χ3n) is 12.7. The first-order valence-electron chi connectivity index (χ1n) is 24.9. The Labute approximate surface area is 498 Å². The zero-order valence-corrected chi connectivity index (χ0v) is 52.2. The Hall–Kier alpha value is -5.56. The van der Waals surface area contributed by atoms with Gasteiger partial charge in [0.15, 0.2) is 0 Å². The number of nitrogens with one attached hydrogen (secondary N) is 4. The van der Waals surface area contributed by atoms with E-state index in [-0.39, 0.29) is 60.7 Å². The summed E-state index contributed by atoms with van der Waals surface area (Å²) in [7, 11) is -2.97. The highest BCUT2D eigenvalue weighted by Crippen LogP contribution is 2.37. The average molecular weight is 1350 g/mol. The molecular weight excluding hydrogens is 1280 g/mol. The van der Waals surface area contributed by atoms with Crippen molar-refractivity contribution in [1.82, 2.24) is 20.1 Å². The van der Waals surface area contributed by atoms with Gasteiger partial charge in [-0.05, 0) is 119 Å². The van der Waals surface area contributed by atoms with E-state index in [1.807, 2.05) is 39.8 Å². The Morgan fingerprint density at radius 3 is 1.35 bits per heavy atom. The van der Waals surface area contributed by atoms with Crippen molar-refractivity contribution >= 4 is 120 Å². The van der Waals surface area contributed by atoms with Crippen LogP contribution >= 0.6 is 42.5 Å². The lowest BCUT2D eigenvalue weighted by Crippen LogP contribution is -2.41. The van der Waals surface area contributed by atoms with Gasteiger partial charge in [-0.25, -0.2) is 53.1 Å². The number of carbonyl (C=O) groups is 4. The lowest BCUT2D eigenvalue weighted by Gasteiger charge is -2.32. The summed E-state index contributed by atoms with van der Waals surface area (Å²) in [6.45, 7) is 11.2. The number of ether oxygens (including phenoxy) is 2. The number of rotatable bonds is 16. The maximum atomic E-state index is 14.8. The highest BCUT2D eigenvalue weighted by Gasteiger charge is 2.52. The van der Waals surface area contributed by atoms with E-state index < -0.39 is 83.4 Å². The lowest BCUT2D eigenvalue weighted by atomic mass is 9.78. The molecule has 3 saturated heterocycles. The first-order valence-corrected chi connectivity index (χ1v) is 32.3. The molecule has 20 nitrogen and oxygen atoms in total. The van der Waals surface area contributed by atoms with Crippen LogP contribution in [-0.2, 0) is 74.7 Å². The van der Waals surface area contributed by atoms with Gasteiger partial charge in [0.2, 0.25) is 40.9 Å². The molecule has 4 N–H and O–H groups in total. The third kappa shape index (κ3) is 20.4. The predicted molar refractivity (Wildman–Crippen MR) is 317 cm³/mol. The Bertz CT molecular complexity index is 3420. The molecule has 0 unspecified atom stereocenters. The van der Waals surface area contributed by atoms with Gasteiger partial charge in [0.25, 0.3) is 0 Å². The van der Waals surface area contributed by atoms with Gasteiger partial charge in [-0.3, -0.25) is 19.4 Å². The molecule has 2 atom stereocenters. The van der Waals surface area contributed by atoms with Gasteiger partial charge in [0, 0.05) is 44.5 Å². The summed E-state index contributed by atoms with van der Waals surface area (Å²) in [5.74, 6) is -1.75. The quantitative estimate of drug-likeness (QED) is 0.0548. The van der Waals surface area contributed by atoms with E-state index >= 15 is 0 Å². The highest BCUT2D eigenvalue weighted by molar-refractivity contribution is 9.10. The summed E-state index contributed by atoms with van der Waals surface area (Å²) in [4.78, 5) is 48.8. The number of hydrogen-bond donors (Lipinski definition) is 4. The zero-order valence-electron chi connectivity index (χ0n) is 45.8. The summed E-state index contributed by atoms with van der Waals surface area (Å²) in [5.41, 5.74) is 2.81. The molecule has 4 amide bonds. The topological polar surface area (TPSA) is 262 Å². The number of benzene rings is 5. The molecule has 29 heteroatoms. The number of sulfonamides is 2. The van der Waals surface area contributed by atoms with Crippen molar-refractivity contribution in [2.45, 2.75) is 82.2 Å². The number of nitrogens with zero attached hydrogens (tertiary/aromatic N) is 2. The maximum absolute atomic E-state index is 14.8. The number of amides is 4. The van der Waals surface area contributed by atoms with Gasteiger partial charge < -0.3 is 29.4 Å². The van der Waals surface area contributed by atoms with Gasteiger partial charge >= 0.3 is 19.3 Å². The van der Waals surface area contributed by atoms with Crippen LogP contribution in [0.25, 0.3) is 11.1 Å². The van der Waals surface area contributed by atoms with E-state index in [9.17, 15) is 53.2 Å². The van der Waals surface area contributed by atoms with Crippen LogP contribution in [-0.4, -0.2) is 120 Å². The minimum Gasteiger partial charge on any atom is -0.442 e. The SMILES string of the molecule is CC(=O)NC[C@H]1CN(c2ccc(B3OC(C)(C)C(C)(C)O3)c(F)c2)C(=O)O1.CNS(=O)(=O)Cc1ccc(-c2ccc(N3C[C@H](CNC(C)=O)OC3=O)cc2F)cc1.CNS(=O)(=O)Cc1ccc(Br)cc1.O=S(=O)(Cl)Cc1ccc(Br)cc1. The van der Waals surface area contributed by atoms with Crippen LogP contribution in [0.1, 0.15) is 58.2 Å². The molecule has 0 aromatic heterocycles. The van der Waals surface area contributed by atoms with Crippen molar-refractivity contribution < 1.29 is 72.0 Å². The van der Waals surface area contributed by atoms with Gasteiger partial charge in [-0.2, -0.15) is 0 Å². The minimum atomic E-state index is -3.43. The van der Waals surface area contributed by atoms with E-state index in [2.05, 4.69) is 51.9 Å². The van der Waals surface area contributed by atoms with E-state index in [1.165, 1.54) is 49.9 Å². The minimum absolute atomic E-state index is 0.0246. The van der Waals surface area contributed by atoms with Crippen molar-refractivity contribution in [1.29, 1.82) is 0 Å². The molecule has 0 saturated carbocycles. The van der Waals surface area contributed by atoms with Crippen LogP contribution in [0.15, 0.2) is 118 Å². The smallest absolute Gasteiger partial charge is 0.442 e. The van der Waals surface area contributed by atoms with E-state index in [0.29, 0.717) is 33.6 Å². The number of carbonyl (C=O) groups excluding carboxylic acids is 4. The standard InChI is InChI=1S/C20H22FN3O5S.C18H24BFN2O5.C8H10BrNO2S.C7H6BrClO2S/c1-13(25)23-10-17-11-24(20(26)29-17)16-7-8-18(19(21)9-16)15-5-3-14(4-6-15)12-30(27,28)22-2;1-11(23)21-9-13-10-22(16(24)25-13)12-6-7-14(15(20)8-12)19-26-17(2,3)18(4,5)27-19;1-10-13(11,12)6-7-2-4-8(9)5-3-7;8-7-3-1-6(2-4-7)5-12(9,10)11/h3-9,17,22H,10-12H2,1-2H3,(H,23,25);6-8,13H,9-10H2,1-5H3,(H,21,23);2-5,10H,6H2,1H3;1-4H,5H2/t17-;13-;;/m00../s1.